The van der Waals surface area contributed by atoms with Crippen LogP contribution in [-0.4, -0.2) is 42.6 Å². The zero-order valence-corrected chi connectivity index (χ0v) is 11.8. The minimum Gasteiger partial charge on any atom is -0.378 e. The Morgan fingerprint density at radius 2 is 2.05 bits per heavy atom. The number of rotatable bonds is 2. The summed E-state index contributed by atoms with van der Waals surface area (Å²) in [7, 11) is 0. The molecule has 0 spiro atoms. The fourth-order valence-electron chi connectivity index (χ4n) is 2.84. The molecule has 0 saturated carbocycles. The minimum absolute atomic E-state index is 0.154. The van der Waals surface area contributed by atoms with E-state index in [9.17, 15) is 9.59 Å². The molecule has 0 N–H and O–H groups in total. The number of carbonyl (C=O) groups is 2. The van der Waals surface area contributed by atoms with Crippen molar-refractivity contribution < 1.29 is 14.3 Å². The number of hydrogen-bond donors (Lipinski definition) is 0. The molecule has 3 rings (SSSR count). The average molecular weight is 295 g/mol. The first-order valence-corrected chi connectivity index (χ1v) is 6.99. The molecule has 3 amide bonds. The van der Waals surface area contributed by atoms with Gasteiger partial charge in [0.15, 0.2) is 0 Å². The summed E-state index contributed by atoms with van der Waals surface area (Å²) in [5.74, 6) is -0.528. The second-order valence-electron chi connectivity index (χ2n) is 4.90. The van der Waals surface area contributed by atoms with Gasteiger partial charge in [0.05, 0.1) is 35.9 Å². The number of ether oxygens (including phenoxy) is 1. The Kier molecular flexibility index (Phi) is 3.40. The first-order chi connectivity index (χ1) is 9.65. The lowest BCUT2D eigenvalue weighted by atomic mass is 9.97. The van der Waals surface area contributed by atoms with Gasteiger partial charge >= 0.3 is 6.03 Å². The van der Waals surface area contributed by atoms with Crippen molar-refractivity contribution >= 4 is 29.2 Å². The first-order valence-electron chi connectivity index (χ1n) is 6.62. The highest BCUT2D eigenvalue weighted by Gasteiger charge is 2.49. The average Bonchev–Trinajstić information content (AvgIpc) is 2.91. The highest BCUT2D eigenvalue weighted by atomic mass is 35.5. The fourth-order valence-corrected chi connectivity index (χ4v) is 3.06. The monoisotopic (exact) mass is 294 g/mol. The van der Waals surface area contributed by atoms with Crippen LogP contribution in [0, 0.1) is 5.92 Å². The number of carbonyl (C=O) groups excluding carboxylic acids is 2. The predicted molar refractivity (Wildman–Crippen MR) is 74.8 cm³/mol. The number of halogens is 1. The number of fused-ring (bicyclic) bond motifs is 1. The molecule has 2 fully saturated rings. The van der Waals surface area contributed by atoms with Crippen LogP contribution in [0.3, 0.4) is 0 Å². The maximum atomic E-state index is 12.6. The van der Waals surface area contributed by atoms with Gasteiger partial charge in [0.1, 0.15) is 0 Å². The number of benzene rings is 1. The molecule has 2 saturated heterocycles. The molecule has 2 aliphatic rings. The second-order valence-corrected chi connectivity index (χ2v) is 5.31. The molecule has 2 atom stereocenters. The Balaban J connectivity index is 2.04. The SMILES string of the molecule is CCN1C(=O)N(c2ccccc2Cl)C(=O)C2COCC21. The molecule has 0 aromatic heterocycles. The zero-order chi connectivity index (χ0) is 14.3. The van der Waals surface area contributed by atoms with Gasteiger partial charge in [0.25, 0.3) is 0 Å². The number of anilines is 1. The summed E-state index contributed by atoms with van der Waals surface area (Å²) in [6, 6.07) is 6.41. The van der Waals surface area contributed by atoms with Crippen LogP contribution in [-0.2, 0) is 9.53 Å². The van der Waals surface area contributed by atoms with E-state index in [0.717, 1.165) is 0 Å². The van der Waals surface area contributed by atoms with Gasteiger partial charge in [0, 0.05) is 6.54 Å². The number of nitrogens with zero attached hydrogens (tertiary/aromatic N) is 2. The van der Waals surface area contributed by atoms with Crippen molar-refractivity contribution in [3.05, 3.63) is 29.3 Å². The molecule has 5 nitrogen and oxygen atoms in total. The summed E-state index contributed by atoms with van der Waals surface area (Å²) < 4.78 is 5.38. The maximum Gasteiger partial charge on any atom is 0.331 e. The van der Waals surface area contributed by atoms with Gasteiger partial charge in [-0.25, -0.2) is 9.69 Å². The van der Waals surface area contributed by atoms with E-state index < -0.39 is 0 Å². The number of hydrogen-bond acceptors (Lipinski definition) is 3. The van der Waals surface area contributed by atoms with Crippen LogP contribution < -0.4 is 4.90 Å². The standard InChI is InChI=1S/C14H15ClN2O3/c1-2-16-12-8-20-7-9(12)13(18)17(14(16)19)11-6-4-3-5-10(11)15/h3-6,9,12H,2,7-8H2,1H3. The summed E-state index contributed by atoms with van der Waals surface area (Å²) in [4.78, 5) is 28.0. The van der Waals surface area contributed by atoms with E-state index >= 15 is 0 Å². The maximum absolute atomic E-state index is 12.6. The van der Waals surface area contributed by atoms with Crippen LogP contribution >= 0.6 is 11.6 Å². The summed E-state index contributed by atoms with van der Waals surface area (Å²) in [6.45, 7) is 3.21. The third kappa shape index (κ3) is 1.89. The van der Waals surface area contributed by atoms with Crippen LogP contribution in [0.4, 0.5) is 10.5 Å². The molecule has 2 aliphatic heterocycles. The second kappa shape index (κ2) is 5.07. The quantitative estimate of drug-likeness (QED) is 0.840. The lowest BCUT2D eigenvalue weighted by molar-refractivity contribution is -0.124. The molecule has 1 aromatic carbocycles. The highest BCUT2D eigenvalue weighted by Crippen LogP contribution is 2.34. The Morgan fingerprint density at radius 3 is 2.75 bits per heavy atom. The van der Waals surface area contributed by atoms with Crippen LogP contribution in [0.1, 0.15) is 6.92 Å². The van der Waals surface area contributed by atoms with E-state index in [1.165, 1.54) is 4.90 Å². The molecule has 2 unspecified atom stereocenters. The van der Waals surface area contributed by atoms with Crippen molar-refractivity contribution in [2.24, 2.45) is 5.92 Å². The summed E-state index contributed by atoms with van der Waals surface area (Å²) in [5.41, 5.74) is 0.438. The van der Waals surface area contributed by atoms with Crippen LogP contribution in [0.15, 0.2) is 24.3 Å². The topological polar surface area (TPSA) is 49.9 Å². The number of para-hydroxylation sites is 1. The van der Waals surface area contributed by atoms with E-state index in [-0.39, 0.29) is 23.9 Å². The Morgan fingerprint density at radius 1 is 1.30 bits per heavy atom. The van der Waals surface area contributed by atoms with Gasteiger partial charge in [-0.1, -0.05) is 23.7 Å². The zero-order valence-electron chi connectivity index (χ0n) is 11.1. The highest BCUT2D eigenvalue weighted by molar-refractivity contribution is 6.35. The van der Waals surface area contributed by atoms with E-state index in [1.807, 2.05) is 6.92 Å². The molecule has 106 valence electrons. The van der Waals surface area contributed by atoms with Gasteiger partial charge < -0.3 is 9.64 Å². The number of imide groups is 1. The van der Waals surface area contributed by atoms with Gasteiger partial charge in [-0.3, -0.25) is 4.79 Å². The number of urea groups is 1. The van der Waals surface area contributed by atoms with Crippen LogP contribution in [0.5, 0.6) is 0 Å². The van der Waals surface area contributed by atoms with Crippen molar-refractivity contribution in [1.29, 1.82) is 0 Å². The number of likely N-dealkylation sites (N-methyl/N-ethyl adjacent to an activating group) is 1. The lowest BCUT2D eigenvalue weighted by Gasteiger charge is -2.40. The fraction of sp³-hybridized carbons (Fsp3) is 0.429. The summed E-state index contributed by atoms with van der Waals surface area (Å²) in [6.07, 6.45) is 0. The van der Waals surface area contributed by atoms with Gasteiger partial charge in [-0.15, -0.1) is 0 Å². The molecule has 0 bridgehead atoms. The van der Waals surface area contributed by atoms with Crippen molar-refractivity contribution in [3.8, 4) is 0 Å². The molecule has 0 aliphatic carbocycles. The third-order valence-corrected chi connectivity index (χ3v) is 4.18. The Hall–Kier alpha value is -1.59. The van der Waals surface area contributed by atoms with Crippen LogP contribution in [0.2, 0.25) is 5.02 Å². The minimum atomic E-state index is -0.322. The summed E-state index contributed by atoms with van der Waals surface area (Å²) in [5, 5.41) is 0.391. The molecule has 6 heteroatoms. The molecule has 1 aromatic rings. The van der Waals surface area contributed by atoms with Gasteiger partial charge in [-0.05, 0) is 19.1 Å². The van der Waals surface area contributed by atoms with E-state index in [1.54, 1.807) is 29.2 Å². The molecular formula is C14H15ClN2O3. The molecule has 20 heavy (non-hydrogen) atoms. The van der Waals surface area contributed by atoms with Gasteiger partial charge in [0.2, 0.25) is 5.91 Å². The van der Waals surface area contributed by atoms with E-state index in [2.05, 4.69) is 0 Å². The smallest absolute Gasteiger partial charge is 0.331 e. The van der Waals surface area contributed by atoms with E-state index in [0.29, 0.717) is 30.5 Å². The van der Waals surface area contributed by atoms with Crippen molar-refractivity contribution in [2.75, 3.05) is 24.7 Å². The third-order valence-electron chi connectivity index (χ3n) is 3.86. The predicted octanol–water partition coefficient (Wildman–Crippen LogP) is 2.14. The normalized spacial score (nSPS) is 26.1. The molecule has 2 heterocycles. The van der Waals surface area contributed by atoms with Crippen molar-refractivity contribution in [2.45, 2.75) is 13.0 Å². The van der Waals surface area contributed by atoms with Crippen molar-refractivity contribution in [3.63, 3.8) is 0 Å². The Labute approximate surface area is 122 Å². The first kappa shape index (κ1) is 13.4. The van der Waals surface area contributed by atoms with E-state index in [4.69, 9.17) is 16.3 Å². The summed E-state index contributed by atoms with van der Waals surface area (Å²) >= 11 is 6.13. The van der Waals surface area contributed by atoms with Gasteiger partial charge in [-0.2, -0.15) is 0 Å². The Bertz CT molecular complexity index is 563. The number of amides is 3. The van der Waals surface area contributed by atoms with Crippen molar-refractivity contribution in [1.82, 2.24) is 4.90 Å². The van der Waals surface area contributed by atoms with Crippen LogP contribution in [0.25, 0.3) is 0 Å². The largest absolute Gasteiger partial charge is 0.378 e. The molecule has 0 radical (unpaired) electrons. The lowest BCUT2D eigenvalue weighted by Crippen LogP contribution is -2.61. The molecular weight excluding hydrogens is 280 g/mol.